The van der Waals surface area contributed by atoms with Crippen LogP contribution in [0.15, 0.2) is 18.2 Å². The quantitative estimate of drug-likeness (QED) is 0.415. The zero-order valence-corrected chi connectivity index (χ0v) is 12.6. The number of anilines is 1. The molecule has 0 aliphatic rings. The Morgan fingerprint density at radius 2 is 2.00 bits per heavy atom. The minimum absolute atomic E-state index is 0.0736. The lowest BCUT2D eigenvalue weighted by Gasteiger charge is -2.11. The van der Waals surface area contributed by atoms with Gasteiger partial charge in [-0.25, -0.2) is 0 Å². The summed E-state index contributed by atoms with van der Waals surface area (Å²) in [4.78, 5) is 22.7. The number of unbranched alkanes of at least 4 members (excludes halogenated alkanes) is 3. The smallest absolute Gasteiger partial charge is 0.293 e. The van der Waals surface area contributed by atoms with Gasteiger partial charge in [0.05, 0.1) is 10.5 Å². The van der Waals surface area contributed by atoms with Crippen molar-refractivity contribution in [2.45, 2.75) is 39.5 Å². The van der Waals surface area contributed by atoms with Gasteiger partial charge in [-0.1, -0.05) is 32.3 Å². The molecule has 0 radical (unpaired) electrons. The first kappa shape index (κ1) is 16.9. The summed E-state index contributed by atoms with van der Waals surface area (Å²) in [6.07, 6.45) is 4.29. The highest BCUT2D eigenvalue weighted by atomic mass is 16.6. The van der Waals surface area contributed by atoms with Crippen molar-refractivity contribution in [2.24, 2.45) is 0 Å². The van der Waals surface area contributed by atoms with Gasteiger partial charge >= 0.3 is 0 Å². The molecular weight excluding hydrogens is 270 g/mol. The number of nitro groups is 1. The fourth-order valence-electron chi connectivity index (χ4n) is 2.09. The molecule has 1 aromatic rings. The second-order valence-corrected chi connectivity index (χ2v) is 4.80. The summed E-state index contributed by atoms with van der Waals surface area (Å²) in [5, 5.41) is 16.8. The molecule has 0 aromatic heterocycles. The minimum atomic E-state index is -0.476. The number of rotatable bonds is 9. The number of hydrogen-bond donors (Lipinski definition) is 2. The molecular formula is C15H23N3O3. The Hall–Kier alpha value is -2.11. The van der Waals surface area contributed by atoms with Crippen LogP contribution >= 0.6 is 0 Å². The maximum absolute atomic E-state index is 12.2. The maximum atomic E-state index is 12.2. The Morgan fingerprint density at radius 1 is 1.24 bits per heavy atom. The molecule has 2 N–H and O–H groups in total. The second kappa shape index (κ2) is 8.94. The molecule has 0 spiro atoms. The average Bonchev–Trinajstić information content (AvgIpc) is 2.47. The summed E-state index contributed by atoms with van der Waals surface area (Å²) in [6, 6.07) is 4.54. The van der Waals surface area contributed by atoms with Crippen molar-refractivity contribution < 1.29 is 9.72 Å². The van der Waals surface area contributed by atoms with E-state index in [-0.39, 0.29) is 17.3 Å². The highest BCUT2D eigenvalue weighted by molar-refractivity contribution is 6.01. The van der Waals surface area contributed by atoms with Crippen LogP contribution in [0.1, 0.15) is 49.9 Å². The number of carbonyl (C=O) groups excluding carboxylic acids is 1. The first-order valence-corrected chi connectivity index (χ1v) is 7.41. The van der Waals surface area contributed by atoms with Crippen LogP contribution in [0.4, 0.5) is 11.4 Å². The molecule has 0 fully saturated rings. The number of nitrogens with zero attached hydrogens (tertiary/aromatic N) is 1. The molecule has 0 saturated heterocycles. The number of carbonyl (C=O) groups is 1. The molecule has 0 aliphatic heterocycles. The van der Waals surface area contributed by atoms with E-state index in [4.69, 9.17) is 0 Å². The first-order chi connectivity index (χ1) is 10.1. The molecule has 0 saturated carbocycles. The molecule has 1 rings (SSSR count). The van der Waals surface area contributed by atoms with Gasteiger partial charge in [-0.15, -0.1) is 0 Å². The van der Waals surface area contributed by atoms with E-state index in [1.807, 2.05) is 6.92 Å². The summed E-state index contributed by atoms with van der Waals surface area (Å²) in [5.74, 6) is -0.272. The largest absolute Gasteiger partial charge is 0.379 e. The van der Waals surface area contributed by atoms with Gasteiger partial charge in [0.1, 0.15) is 5.69 Å². The molecule has 0 atom stereocenters. The zero-order valence-electron chi connectivity index (χ0n) is 12.6. The fourth-order valence-corrected chi connectivity index (χ4v) is 2.09. The van der Waals surface area contributed by atoms with Gasteiger partial charge in [0.2, 0.25) is 0 Å². The van der Waals surface area contributed by atoms with Gasteiger partial charge in [0, 0.05) is 19.2 Å². The van der Waals surface area contributed by atoms with Gasteiger partial charge in [-0.2, -0.15) is 0 Å². The molecule has 0 unspecified atom stereocenters. The molecule has 0 heterocycles. The number of amides is 1. The van der Waals surface area contributed by atoms with E-state index in [2.05, 4.69) is 17.6 Å². The van der Waals surface area contributed by atoms with E-state index in [1.165, 1.54) is 12.1 Å². The van der Waals surface area contributed by atoms with Gasteiger partial charge in [-0.3, -0.25) is 14.9 Å². The third-order valence-electron chi connectivity index (χ3n) is 3.15. The minimum Gasteiger partial charge on any atom is -0.379 e. The maximum Gasteiger partial charge on any atom is 0.293 e. The third kappa shape index (κ3) is 5.06. The Morgan fingerprint density at radius 3 is 2.62 bits per heavy atom. The van der Waals surface area contributed by atoms with Gasteiger partial charge in [0.25, 0.3) is 11.6 Å². The molecule has 6 nitrogen and oxygen atoms in total. The molecule has 116 valence electrons. The molecule has 0 bridgehead atoms. The van der Waals surface area contributed by atoms with Crippen LogP contribution in [0.5, 0.6) is 0 Å². The number of para-hydroxylation sites is 1. The van der Waals surface area contributed by atoms with E-state index in [9.17, 15) is 14.9 Å². The fraction of sp³-hybridized carbons (Fsp3) is 0.533. The lowest BCUT2D eigenvalue weighted by molar-refractivity contribution is -0.384. The van der Waals surface area contributed by atoms with Crippen LogP contribution in [-0.2, 0) is 0 Å². The van der Waals surface area contributed by atoms with Gasteiger partial charge in [-0.05, 0) is 19.4 Å². The Kier molecular flexibility index (Phi) is 7.21. The van der Waals surface area contributed by atoms with E-state index in [0.717, 1.165) is 25.7 Å². The lowest BCUT2D eigenvalue weighted by atomic mass is 10.1. The highest BCUT2D eigenvalue weighted by Crippen LogP contribution is 2.28. The molecule has 1 aromatic carbocycles. The van der Waals surface area contributed by atoms with E-state index in [0.29, 0.717) is 18.7 Å². The summed E-state index contributed by atoms with van der Waals surface area (Å²) in [7, 11) is 0. The van der Waals surface area contributed by atoms with Crippen molar-refractivity contribution in [1.82, 2.24) is 5.32 Å². The Balaban J connectivity index is 2.78. The zero-order chi connectivity index (χ0) is 15.7. The van der Waals surface area contributed by atoms with Crippen molar-refractivity contribution >= 4 is 17.3 Å². The third-order valence-corrected chi connectivity index (χ3v) is 3.15. The van der Waals surface area contributed by atoms with Crippen LogP contribution in [0.2, 0.25) is 0 Å². The molecule has 6 heteroatoms. The van der Waals surface area contributed by atoms with Crippen molar-refractivity contribution in [3.05, 3.63) is 33.9 Å². The second-order valence-electron chi connectivity index (χ2n) is 4.80. The Labute approximate surface area is 125 Å². The number of nitro benzene ring substituents is 1. The van der Waals surface area contributed by atoms with Crippen LogP contribution < -0.4 is 10.6 Å². The number of hydrogen-bond acceptors (Lipinski definition) is 4. The average molecular weight is 293 g/mol. The van der Waals surface area contributed by atoms with Gasteiger partial charge < -0.3 is 10.6 Å². The van der Waals surface area contributed by atoms with Crippen molar-refractivity contribution in [3.63, 3.8) is 0 Å². The van der Waals surface area contributed by atoms with Crippen LogP contribution in [0, 0.1) is 10.1 Å². The topological polar surface area (TPSA) is 84.3 Å². The van der Waals surface area contributed by atoms with Crippen molar-refractivity contribution in [2.75, 3.05) is 18.4 Å². The summed E-state index contributed by atoms with van der Waals surface area (Å²) >= 11 is 0. The number of nitrogens with one attached hydrogen (secondary N) is 2. The van der Waals surface area contributed by atoms with Crippen molar-refractivity contribution in [1.29, 1.82) is 0 Å². The summed E-state index contributed by atoms with van der Waals surface area (Å²) in [5.41, 5.74) is 0.535. The number of benzene rings is 1. The summed E-state index contributed by atoms with van der Waals surface area (Å²) in [6.45, 7) is 5.07. The normalized spacial score (nSPS) is 10.2. The SMILES string of the molecule is CCCCCCNC(=O)c1cccc([N+](=O)[O-])c1NCC. The van der Waals surface area contributed by atoms with Crippen LogP contribution in [0.3, 0.4) is 0 Å². The van der Waals surface area contributed by atoms with Crippen LogP contribution in [-0.4, -0.2) is 23.9 Å². The highest BCUT2D eigenvalue weighted by Gasteiger charge is 2.20. The standard InChI is InChI=1S/C15H23N3O3/c1-3-5-6-7-11-17-15(19)12-9-8-10-13(18(20)21)14(12)16-4-2/h8-10,16H,3-7,11H2,1-2H3,(H,17,19). The predicted molar refractivity (Wildman–Crippen MR) is 83.7 cm³/mol. The Bertz CT molecular complexity index is 489. The summed E-state index contributed by atoms with van der Waals surface area (Å²) < 4.78 is 0. The van der Waals surface area contributed by atoms with E-state index >= 15 is 0 Å². The molecule has 0 aliphatic carbocycles. The predicted octanol–water partition coefficient (Wildman–Crippen LogP) is 3.34. The van der Waals surface area contributed by atoms with E-state index in [1.54, 1.807) is 6.07 Å². The first-order valence-electron chi connectivity index (χ1n) is 7.41. The van der Waals surface area contributed by atoms with Crippen LogP contribution in [0.25, 0.3) is 0 Å². The molecule has 1 amide bonds. The van der Waals surface area contributed by atoms with Gasteiger partial charge in [0.15, 0.2) is 0 Å². The van der Waals surface area contributed by atoms with E-state index < -0.39 is 4.92 Å². The van der Waals surface area contributed by atoms with Crippen molar-refractivity contribution in [3.8, 4) is 0 Å². The molecule has 21 heavy (non-hydrogen) atoms. The lowest BCUT2D eigenvalue weighted by Crippen LogP contribution is -2.25. The monoisotopic (exact) mass is 293 g/mol.